The molecule has 1 aliphatic rings. The SMILES string of the molecule is NC1CCN(CC(=O)Nc2ccc(Br)c(C(=O)O)c2)CC1. The van der Waals surface area contributed by atoms with Gasteiger partial charge in [-0.1, -0.05) is 0 Å². The minimum absolute atomic E-state index is 0.122. The highest BCUT2D eigenvalue weighted by molar-refractivity contribution is 9.10. The lowest BCUT2D eigenvalue weighted by Gasteiger charge is -2.29. The third kappa shape index (κ3) is 4.52. The van der Waals surface area contributed by atoms with E-state index in [4.69, 9.17) is 10.8 Å². The van der Waals surface area contributed by atoms with Gasteiger partial charge < -0.3 is 16.2 Å². The second-order valence-electron chi connectivity index (χ2n) is 5.16. The Morgan fingerprint density at radius 1 is 1.38 bits per heavy atom. The van der Waals surface area contributed by atoms with Crippen molar-refractivity contribution in [3.63, 3.8) is 0 Å². The van der Waals surface area contributed by atoms with E-state index in [-0.39, 0.29) is 17.5 Å². The first-order valence-corrected chi connectivity index (χ1v) is 7.55. The van der Waals surface area contributed by atoms with Gasteiger partial charge in [0.2, 0.25) is 5.91 Å². The maximum atomic E-state index is 12.0. The van der Waals surface area contributed by atoms with Crippen molar-refractivity contribution in [2.45, 2.75) is 18.9 Å². The highest BCUT2D eigenvalue weighted by Crippen LogP contribution is 2.21. The highest BCUT2D eigenvalue weighted by atomic mass is 79.9. The van der Waals surface area contributed by atoms with Crippen LogP contribution < -0.4 is 11.1 Å². The molecule has 0 spiro atoms. The lowest BCUT2D eigenvalue weighted by atomic mass is 10.1. The smallest absolute Gasteiger partial charge is 0.336 e. The number of piperidine rings is 1. The molecule has 2 rings (SSSR count). The predicted molar refractivity (Wildman–Crippen MR) is 83.4 cm³/mol. The summed E-state index contributed by atoms with van der Waals surface area (Å²) in [6.45, 7) is 1.93. The zero-order valence-electron chi connectivity index (χ0n) is 11.5. The van der Waals surface area contributed by atoms with E-state index in [1.165, 1.54) is 6.07 Å². The Hall–Kier alpha value is -1.44. The minimum Gasteiger partial charge on any atom is -0.478 e. The number of carboxylic acid groups (broad SMARTS) is 1. The van der Waals surface area contributed by atoms with Crippen molar-refractivity contribution in [1.29, 1.82) is 0 Å². The number of carbonyl (C=O) groups excluding carboxylic acids is 1. The summed E-state index contributed by atoms with van der Waals surface area (Å²) in [5, 5.41) is 11.8. The Morgan fingerprint density at radius 2 is 2.05 bits per heavy atom. The molecule has 1 heterocycles. The first-order chi connectivity index (χ1) is 9.95. The van der Waals surface area contributed by atoms with Gasteiger partial charge in [-0.05, 0) is 47.0 Å². The van der Waals surface area contributed by atoms with E-state index in [2.05, 4.69) is 26.1 Å². The molecule has 4 N–H and O–H groups in total. The predicted octanol–water partition coefficient (Wildman–Crippen LogP) is 1.51. The number of likely N-dealkylation sites (tertiary alicyclic amines) is 1. The first kappa shape index (κ1) is 15.9. The van der Waals surface area contributed by atoms with Gasteiger partial charge in [0.05, 0.1) is 12.1 Å². The molecule has 0 unspecified atom stereocenters. The normalized spacial score (nSPS) is 16.7. The summed E-state index contributed by atoms with van der Waals surface area (Å²) < 4.78 is 0.484. The molecule has 0 aromatic heterocycles. The molecule has 21 heavy (non-hydrogen) atoms. The molecule has 1 aromatic rings. The summed E-state index contributed by atoms with van der Waals surface area (Å²) in [6, 6.07) is 4.95. The molecule has 0 aliphatic carbocycles. The van der Waals surface area contributed by atoms with Gasteiger partial charge in [-0.3, -0.25) is 9.69 Å². The van der Waals surface area contributed by atoms with Crippen molar-refractivity contribution in [3.05, 3.63) is 28.2 Å². The van der Waals surface area contributed by atoms with Gasteiger partial charge in [0.25, 0.3) is 0 Å². The van der Waals surface area contributed by atoms with Crippen LogP contribution in [0.2, 0.25) is 0 Å². The number of aromatic carboxylic acids is 1. The van der Waals surface area contributed by atoms with Gasteiger partial charge in [0.15, 0.2) is 0 Å². The molecule has 1 amide bonds. The minimum atomic E-state index is -1.04. The van der Waals surface area contributed by atoms with Gasteiger partial charge in [-0.15, -0.1) is 0 Å². The number of hydrogen-bond donors (Lipinski definition) is 3. The molecular formula is C14H18BrN3O3. The molecule has 0 saturated carbocycles. The third-order valence-corrected chi connectivity index (χ3v) is 4.17. The van der Waals surface area contributed by atoms with Crippen LogP contribution in [0.4, 0.5) is 5.69 Å². The van der Waals surface area contributed by atoms with Gasteiger partial charge in [0.1, 0.15) is 0 Å². The molecule has 0 atom stereocenters. The van der Waals surface area contributed by atoms with E-state index in [0.29, 0.717) is 16.7 Å². The molecule has 0 bridgehead atoms. The fraction of sp³-hybridized carbons (Fsp3) is 0.429. The van der Waals surface area contributed by atoms with Crippen LogP contribution in [-0.2, 0) is 4.79 Å². The fourth-order valence-electron chi connectivity index (χ4n) is 2.28. The van der Waals surface area contributed by atoms with Crippen LogP contribution in [0.25, 0.3) is 0 Å². The van der Waals surface area contributed by atoms with Crippen LogP contribution in [0.3, 0.4) is 0 Å². The number of nitrogens with two attached hydrogens (primary N) is 1. The molecule has 6 nitrogen and oxygen atoms in total. The van der Waals surface area contributed by atoms with Crippen LogP contribution in [0, 0.1) is 0 Å². The number of anilines is 1. The number of carboxylic acids is 1. The van der Waals surface area contributed by atoms with Crippen molar-refractivity contribution in [2.75, 3.05) is 25.0 Å². The van der Waals surface area contributed by atoms with E-state index in [9.17, 15) is 9.59 Å². The summed E-state index contributed by atoms with van der Waals surface area (Å²) in [6.07, 6.45) is 1.80. The second kappa shape index (κ2) is 7.02. The largest absolute Gasteiger partial charge is 0.478 e. The molecule has 114 valence electrons. The van der Waals surface area contributed by atoms with Gasteiger partial charge >= 0.3 is 5.97 Å². The molecule has 0 radical (unpaired) electrons. The number of halogens is 1. The van der Waals surface area contributed by atoms with Crippen molar-refractivity contribution in [1.82, 2.24) is 4.90 Å². The van der Waals surface area contributed by atoms with E-state index < -0.39 is 5.97 Å². The Kier molecular flexibility index (Phi) is 5.33. The van der Waals surface area contributed by atoms with Crippen LogP contribution in [0.15, 0.2) is 22.7 Å². The molecule has 1 aromatic carbocycles. The topological polar surface area (TPSA) is 95.7 Å². The zero-order chi connectivity index (χ0) is 15.4. The van der Waals surface area contributed by atoms with E-state index in [1.54, 1.807) is 12.1 Å². The molecule has 1 aliphatic heterocycles. The van der Waals surface area contributed by atoms with Crippen LogP contribution >= 0.6 is 15.9 Å². The van der Waals surface area contributed by atoms with Gasteiger partial charge in [0, 0.05) is 29.3 Å². The first-order valence-electron chi connectivity index (χ1n) is 6.76. The van der Waals surface area contributed by atoms with E-state index in [0.717, 1.165) is 25.9 Å². The maximum Gasteiger partial charge on any atom is 0.336 e. The summed E-state index contributed by atoms with van der Waals surface area (Å²) in [4.78, 5) is 25.1. The van der Waals surface area contributed by atoms with Crippen molar-refractivity contribution in [2.24, 2.45) is 5.73 Å². The van der Waals surface area contributed by atoms with Gasteiger partial charge in [-0.2, -0.15) is 0 Å². The van der Waals surface area contributed by atoms with E-state index in [1.807, 2.05) is 0 Å². The fourth-order valence-corrected chi connectivity index (χ4v) is 2.70. The maximum absolute atomic E-state index is 12.0. The Bertz CT molecular complexity index is 542. The quantitative estimate of drug-likeness (QED) is 0.760. The average molecular weight is 356 g/mol. The standard InChI is InChI=1S/C14H18BrN3O3/c15-12-2-1-10(7-11(12)14(20)21)17-13(19)8-18-5-3-9(16)4-6-18/h1-2,7,9H,3-6,8,16H2,(H,17,19)(H,20,21). The van der Waals surface area contributed by atoms with Crippen LogP contribution in [0.1, 0.15) is 23.2 Å². The van der Waals surface area contributed by atoms with Crippen LogP contribution in [-0.4, -0.2) is 47.6 Å². The summed E-state index contributed by atoms with van der Waals surface area (Å²) in [5.41, 5.74) is 6.43. The third-order valence-electron chi connectivity index (χ3n) is 3.48. The summed E-state index contributed by atoms with van der Waals surface area (Å²) in [7, 11) is 0. The zero-order valence-corrected chi connectivity index (χ0v) is 13.1. The Balaban J connectivity index is 1.93. The lowest BCUT2D eigenvalue weighted by molar-refractivity contribution is -0.117. The molecular weight excluding hydrogens is 338 g/mol. The van der Waals surface area contributed by atoms with Crippen molar-refractivity contribution < 1.29 is 14.7 Å². The molecule has 7 heteroatoms. The highest BCUT2D eigenvalue weighted by Gasteiger charge is 2.18. The Morgan fingerprint density at radius 3 is 2.67 bits per heavy atom. The Labute approximate surface area is 131 Å². The number of benzene rings is 1. The summed E-state index contributed by atoms with van der Waals surface area (Å²) >= 11 is 3.17. The number of nitrogens with zero attached hydrogens (tertiary/aromatic N) is 1. The molecule has 1 saturated heterocycles. The average Bonchev–Trinajstić information content (AvgIpc) is 2.43. The molecule has 1 fully saturated rings. The summed E-state index contributed by atoms with van der Waals surface area (Å²) in [5.74, 6) is -1.19. The van der Waals surface area contributed by atoms with E-state index >= 15 is 0 Å². The number of hydrogen-bond acceptors (Lipinski definition) is 4. The monoisotopic (exact) mass is 355 g/mol. The van der Waals surface area contributed by atoms with Crippen molar-refractivity contribution >= 4 is 33.5 Å². The van der Waals surface area contributed by atoms with Gasteiger partial charge in [-0.25, -0.2) is 4.79 Å². The number of rotatable bonds is 4. The number of carbonyl (C=O) groups is 2. The van der Waals surface area contributed by atoms with Crippen molar-refractivity contribution in [3.8, 4) is 0 Å². The lowest BCUT2D eigenvalue weighted by Crippen LogP contribution is -2.43. The van der Waals surface area contributed by atoms with Crippen LogP contribution in [0.5, 0.6) is 0 Å². The number of nitrogens with one attached hydrogen (secondary N) is 1. The second-order valence-corrected chi connectivity index (χ2v) is 6.02. The number of amides is 1.